The van der Waals surface area contributed by atoms with Crippen molar-refractivity contribution in [2.24, 2.45) is 5.73 Å². The molecule has 2 rings (SSSR count). The van der Waals surface area contributed by atoms with Crippen LogP contribution in [0.15, 0.2) is 0 Å². The molecule has 5 heteroatoms. The van der Waals surface area contributed by atoms with Crippen molar-refractivity contribution in [3.63, 3.8) is 0 Å². The first-order valence-corrected chi connectivity index (χ1v) is 5.97. The maximum absolute atomic E-state index is 5.67. The Bertz CT molecular complexity index is 331. The number of hydrogen-bond acceptors (Lipinski definition) is 4. The molecule has 0 atom stereocenters. The molecule has 1 aromatic heterocycles. The number of nitrogens with zero attached hydrogens (tertiary/aromatic N) is 3. The van der Waals surface area contributed by atoms with Crippen LogP contribution in [-0.4, -0.2) is 28.5 Å². The van der Waals surface area contributed by atoms with Gasteiger partial charge in [0.25, 0.3) is 0 Å². The number of methoxy groups -OCH3 is 1. The van der Waals surface area contributed by atoms with Crippen LogP contribution in [0.1, 0.15) is 43.3 Å². The normalized spacial score (nSPS) is 17.1. The maximum atomic E-state index is 5.67. The fraction of sp³-hybridized carbons (Fsp3) is 0.818. The van der Waals surface area contributed by atoms with E-state index in [0.717, 1.165) is 18.2 Å². The van der Waals surface area contributed by atoms with E-state index in [4.69, 9.17) is 10.5 Å². The summed E-state index contributed by atoms with van der Waals surface area (Å²) in [5, 5.41) is 8.46. The average molecular weight is 224 g/mol. The SMILES string of the molecule is COCCn1c(CN)nnc1C1CCCC1. The molecule has 0 aliphatic heterocycles. The first-order valence-electron chi connectivity index (χ1n) is 5.97. The van der Waals surface area contributed by atoms with Gasteiger partial charge >= 0.3 is 0 Å². The smallest absolute Gasteiger partial charge is 0.146 e. The van der Waals surface area contributed by atoms with Gasteiger partial charge in [0.05, 0.1) is 13.2 Å². The Morgan fingerprint density at radius 1 is 1.38 bits per heavy atom. The molecule has 5 nitrogen and oxygen atoms in total. The second-order valence-electron chi connectivity index (χ2n) is 4.30. The van der Waals surface area contributed by atoms with Gasteiger partial charge in [-0.1, -0.05) is 12.8 Å². The number of rotatable bonds is 5. The predicted octanol–water partition coefficient (Wildman–Crippen LogP) is 1.04. The minimum Gasteiger partial charge on any atom is -0.383 e. The molecule has 1 heterocycles. The summed E-state index contributed by atoms with van der Waals surface area (Å²) in [5.74, 6) is 2.55. The third-order valence-corrected chi connectivity index (χ3v) is 3.28. The monoisotopic (exact) mass is 224 g/mol. The molecule has 0 bridgehead atoms. The zero-order chi connectivity index (χ0) is 11.4. The van der Waals surface area contributed by atoms with Gasteiger partial charge < -0.3 is 15.0 Å². The van der Waals surface area contributed by atoms with Gasteiger partial charge in [-0.15, -0.1) is 10.2 Å². The Morgan fingerprint density at radius 2 is 2.12 bits per heavy atom. The molecule has 0 radical (unpaired) electrons. The third kappa shape index (κ3) is 2.25. The first kappa shape index (κ1) is 11.5. The first-order chi connectivity index (χ1) is 7.86. The summed E-state index contributed by atoms with van der Waals surface area (Å²) in [6.45, 7) is 1.94. The van der Waals surface area contributed by atoms with Crippen LogP contribution in [-0.2, 0) is 17.8 Å². The fourth-order valence-corrected chi connectivity index (χ4v) is 2.41. The molecular formula is C11H20N4O. The van der Waals surface area contributed by atoms with E-state index < -0.39 is 0 Å². The van der Waals surface area contributed by atoms with E-state index in [0.29, 0.717) is 19.1 Å². The van der Waals surface area contributed by atoms with Gasteiger partial charge in [0.2, 0.25) is 0 Å². The second kappa shape index (κ2) is 5.41. The molecule has 1 aromatic rings. The van der Waals surface area contributed by atoms with Crippen molar-refractivity contribution < 1.29 is 4.74 Å². The summed E-state index contributed by atoms with van der Waals surface area (Å²) in [6, 6.07) is 0. The minimum absolute atomic E-state index is 0.448. The summed E-state index contributed by atoms with van der Waals surface area (Å²) in [4.78, 5) is 0. The lowest BCUT2D eigenvalue weighted by atomic mass is 10.1. The molecule has 0 aromatic carbocycles. The lowest BCUT2D eigenvalue weighted by Crippen LogP contribution is -2.15. The second-order valence-corrected chi connectivity index (χ2v) is 4.30. The van der Waals surface area contributed by atoms with E-state index in [-0.39, 0.29) is 0 Å². The number of nitrogens with two attached hydrogens (primary N) is 1. The lowest BCUT2D eigenvalue weighted by Gasteiger charge is -2.12. The molecule has 1 fully saturated rings. The highest BCUT2D eigenvalue weighted by atomic mass is 16.5. The highest BCUT2D eigenvalue weighted by Gasteiger charge is 2.23. The molecular weight excluding hydrogens is 204 g/mol. The highest BCUT2D eigenvalue weighted by molar-refractivity contribution is 5.04. The van der Waals surface area contributed by atoms with E-state index in [2.05, 4.69) is 14.8 Å². The quantitative estimate of drug-likeness (QED) is 0.811. The molecule has 2 N–H and O–H groups in total. The van der Waals surface area contributed by atoms with Crippen molar-refractivity contribution in [2.45, 2.75) is 44.7 Å². The summed E-state index contributed by atoms with van der Waals surface area (Å²) in [7, 11) is 1.71. The summed E-state index contributed by atoms with van der Waals surface area (Å²) in [5.41, 5.74) is 5.67. The van der Waals surface area contributed by atoms with Crippen LogP contribution in [0.2, 0.25) is 0 Å². The van der Waals surface area contributed by atoms with Crippen LogP contribution in [0, 0.1) is 0 Å². The lowest BCUT2D eigenvalue weighted by molar-refractivity contribution is 0.185. The van der Waals surface area contributed by atoms with E-state index in [1.54, 1.807) is 7.11 Å². The zero-order valence-electron chi connectivity index (χ0n) is 9.85. The van der Waals surface area contributed by atoms with Crippen LogP contribution < -0.4 is 5.73 Å². The maximum Gasteiger partial charge on any atom is 0.146 e. The number of ether oxygens (including phenoxy) is 1. The average Bonchev–Trinajstić information content (AvgIpc) is 2.94. The minimum atomic E-state index is 0.448. The molecule has 1 aliphatic rings. The van der Waals surface area contributed by atoms with E-state index in [1.165, 1.54) is 25.7 Å². The van der Waals surface area contributed by atoms with Crippen molar-refractivity contribution in [2.75, 3.05) is 13.7 Å². The standard InChI is InChI=1S/C11H20N4O/c1-16-7-6-15-10(8-12)13-14-11(15)9-4-2-3-5-9/h9H,2-8,12H2,1H3. The van der Waals surface area contributed by atoms with Gasteiger partial charge in [-0.25, -0.2) is 0 Å². The molecule has 0 amide bonds. The number of aromatic nitrogens is 3. The van der Waals surface area contributed by atoms with Gasteiger partial charge in [-0.2, -0.15) is 0 Å². The van der Waals surface area contributed by atoms with Crippen LogP contribution in [0.5, 0.6) is 0 Å². The van der Waals surface area contributed by atoms with Crippen molar-refractivity contribution >= 4 is 0 Å². The Hall–Kier alpha value is -0.940. The molecule has 0 saturated heterocycles. The highest BCUT2D eigenvalue weighted by Crippen LogP contribution is 2.33. The summed E-state index contributed by atoms with van der Waals surface area (Å²) < 4.78 is 7.25. The van der Waals surface area contributed by atoms with Gasteiger partial charge in [0.15, 0.2) is 0 Å². The van der Waals surface area contributed by atoms with Crippen molar-refractivity contribution in [3.8, 4) is 0 Å². The Kier molecular flexibility index (Phi) is 3.90. The van der Waals surface area contributed by atoms with Crippen molar-refractivity contribution in [3.05, 3.63) is 11.6 Å². The largest absolute Gasteiger partial charge is 0.383 e. The van der Waals surface area contributed by atoms with Crippen LogP contribution >= 0.6 is 0 Å². The third-order valence-electron chi connectivity index (χ3n) is 3.28. The molecule has 1 aliphatic carbocycles. The topological polar surface area (TPSA) is 66.0 Å². The molecule has 0 unspecified atom stereocenters. The van der Waals surface area contributed by atoms with Crippen molar-refractivity contribution in [1.82, 2.24) is 14.8 Å². The van der Waals surface area contributed by atoms with E-state index >= 15 is 0 Å². The van der Waals surface area contributed by atoms with Crippen LogP contribution in [0.25, 0.3) is 0 Å². The Morgan fingerprint density at radius 3 is 2.75 bits per heavy atom. The predicted molar refractivity (Wildman–Crippen MR) is 61.0 cm³/mol. The van der Waals surface area contributed by atoms with Crippen molar-refractivity contribution in [1.29, 1.82) is 0 Å². The Labute approximate surface area is 96.0 Å². The molecule has 0 spiro atoms. The number of hydrogen-bond donors (Lipinski definition) is 1. The fourth-order valence-electron chi connectivity index (χ4n) is 2.41. The summed E-state index contributed by atoms with van der Waals surface area (Å²) >= 11 is 0. The summed E-state index contributed by atoms with van der Waals surface area (Å²) in [6.07, 6.45) is 5.07. The molecule has 90 valence electrons. The van der Waals surface area contributed by atoms with E-state index in [1.807, 2.05) is 0 Å². The molecule has 16 heavy (non-hydrogen) atoms. The van der Waals surface area contributed by atoms with Gasteiger partial charge in [-0.05, 0) is 12.8 Å². The van der Waals surface area contributed by atoms with Gasteiger partial charge in [0.1, 0.15) is 11.6 Å². The van der Waals surface area contributed by atoms with Gasteiger partial charge in [0, 0.05) is 19.6 Å². The molecule has 1 saturated carbocycles. The van der Waals surface area contributed by atoms with Crippen LogP contribution in [0.4, 0.5) is 0 Å². The van der Waals surface area contributed by atoms with E-state index in [9.17, 15) is 0 Å². The van der Waals surface area contributed by atoms with Crippen LogP contribution in [0.3, 0.4) is 0 Å². The Balaban J connectivity index is 2.18. The zero-order valence-corrected chi connectivity index (χ0v) is 9.85. The van der Waals surface area contributed by atoms with Gasteiger partial charge in [-0.3, -0.25) is 0 Å².